The molecule has 5 rings (SSSR count). The Hall–Kier alpha value is -2.27. The Morgan fingerprint density at radius 3 is 2.46 bits per heavy atom. The quantitative estimate of drug-likeness (QED) is 0.862. The molecule has 5 heteroatoms. The van der Waals surface area contributed by atoms with E-state index in [4.69, 9.17) is 9.97 Å². The first-order chi connectivity index (χ1) is 11.9. The number of nitrogens with one attached hydrogen (secondary N) is 1. The summed E-state index contributed by atoms with van der Waals surface area (Å²) in [6.07, 6.45) is 10.7. The largest absolute Gasteiger partial charge is 0.356 e. The lowest BCUT2D eigenvalue weighted by Gasteiger charge is -2.21. The summed E-state index contributed by atoms with van der Waals surface area (Å²) in [5.74, 6) is 3.52. The molecule has 1 saturated heterocycles. The third-order valence-electron chi connectivity index (χ3n) is 5.52. The minimum absolute atomic E-state index is 0.777. The molecule has 2 aromatic rings. The molecule has 1 N–H and O–H groups in total. The highest BCUT2D eigenvalue weighted by Gasteiger charge is 2.35. The van der Waals surface area contributed by atoms with Crippen molar-refractivity contribution in [3.05, 3.63) is 47.9 Å². The van der Waals surface area contributed by atoms with Crippen molar-refractivity contribution in [1.82, 2.24) is 20.3 Å². The third kappa shape index (κ3) is 2.31. The van der Waals surface area contributed by atoms with E-state index in [1.807, 2.05) is 12.1 Å². The van der Waals surface area contributed by atoms with Gasteiger partial charge in [0.05, 0.1) is 5.69 Å². The lowest BCUT2D eigenvalue weighted by atomic mass is 9.86. The van der Waals surface area contributed by atoms with Crippen LogP contribution in [0.3, 0.4) is 0 Å². The van der Waals surface area contributed by atoms with Gasteiger partial charge in [0.2, 0.25) is 0 Å². The van der Waals surface area contributed by atoms with E-state index in [2.05, 4.69) is 27.4 Å². The van der Waals surface area contributed by atoms with E-state index in [-0.39, 0.29) is 0 Å². The second-order valence-electron chi connectivity index (χ2n) is 7.00. The summed E-state index contributed by atoms with van der Waals surface area (Å²) in [6, 6.07) is 3.98. The molecule has 2 aromatic heterocycles. The number of allylic oxidation sites excluding steroid dienone is 2. The van der Waals surface area contributed by atoms with Crippen LogP contribution in [0, 0.1) is 11.8 Å². The zero-order valence-electron chi connectivity index (χ0n) is 13.7. The van der Waals surface area contributed by atoms with Gasteiger partial charge in [0.25, 0.3) is 0 Å². The van der Waals surface area contributed by atoms with Gasteiger partial charge in [-0.15, -0.1) is 0 Å². The van der Waals surface area contributed by atoms with Crippen LogP contribution in [-0.2, 0) is 13.1 Å². The highest BCUT2D eigenvalue weighted by molar-refractivity contribution is 5.61. The van der Waals surface area contributed by atoms with Crippen LogP contribution in [-0.4, -0.2) is 28.0 Å². The summed E-state index contributed by atoms with van der Waals surface area (Å²) in [5.41, 5.74) is 3.48. The second kappa shape index (κ2) is 5.67. The van der Waals surface area contributed by atoms with Gasteiger partial charge in [0.15, 0.2) is 5.82 Å². The van der Waals surface area contributed by atoms with Gasteiger partial charge >= 0.3 is 0 Å². The average Bonchev–Trinajstić information content (AvgIpc) is 3.28. The van der Waals surface area contributed by atoms with Crippen LogP contribution in [0.2, 0.25) is 0 Å². The van der Waals surface area contributed by atoms with E-state index in [1.165, 1.54) is 18.4 Å². The Bertz CT molecular complexity index is 770. The molecule has 2 aliphatic heterocycles. The third-order valence-corrected chi connectivity index (χ3v) is 5.52. The number of rotatable bonds is 2. The first kappa shape index (κ1) is 14.1. The van der Waals surface area contributed by atoms with E-state index in [0.29, 0.717) is 0 Å². The highest BCUT2D eigenvalue weighted by atomic mass is 15.2. The van der Waals surface area contributed by atoms with Gasteiger partial charge < -0.3 is 10.2 Å². The molecule has 0 amide bonds. The van der Waals surface area contributed by atoms with Crippen LogP contribution in [0.4, 0.5) is 5.82 Å². The predicted octanol–water partition coefficient (Wildman–Crippen LogP) is 2.54. The molecule has 2 atom stereocenters. The molecule has 0 unspecified atom stereocenters. The maximum atomic E-state index is 4.98. The zero-order valence-corrected chi connectivity index (χ0v) is 13.7. The van der Waals surface area contributed by atoms with Gasteiger partial charge in [-0.3, -0.25) is 4.98 Å². The minimum Gasteiger partial charge on any atom is -0.356 e. The lowest BCUT2D eigenvalue weighted by Crippen LogP contribution is -2.23. The molecule has 1 fully saturated rings. The van der Waals surface area contributed by atoms with Gasteiger partial charge in [-0.1, -0.05) is 12.2 Å². The maximum Gasteiger partial charge on any atom is 0.161 e. The number of nitrogens with zero attached hydrogens (tertiary/aromatic N) is 4. The number of hydrogen-bond acceptors (Lipinski definition) is 5. The average molecular weight is 319 g/mol. The molecule has 3 aliphatic rings. The highest BCUT2D eigenvalue weighted by Crippen LogP contribution is 2.37. The normalized spacial score (nSPS) is 24.9. The summed E-state index contributed by atoms with van der Waals surface area (Å²) in [7, 11) is 0. The van der Waals surface area contributed by atoms with E-state index < -0.39 is 0 Å². The molecule has 4 heterocycles. The molecular weight excluding hydrogens is 298 g/mol. The fraction of sp³-hybridized carbons (Fsp3) is 0.421. The smallest absolute Gasteiger partial charge is 0.161 e. The van der Waals surface area contributed by atoms with Gasteiger partial charge in [-0.05, 0) is 36.8 Å². The first-order valence-electron chi connectivity index (χ1n) is 8.79. The summed E-state index contributed by atoms with van der Waals surface area (Å²) in [4.78, 5) is 16.4. The maximum absolute atomic E-state index is 4.98. The van der Waals surface area contributed by atoms with Crippen LogP contribution in [0.5, 0.6) is 0 Å². The number of fused-ring (bicyclic) bond motifs is 2. The number of anilines is 1. The lowest BCUT2D eigenvalue weighted by molar-refractivity contribution is 0.411. The number of pyridine rings is 1. The molecular formula is C19H21N5. The molecule has 0 saturated carbocycles. The first-order valence-corrected chi connectivity index (χ1v) is 8.79. The fourth-order valence-electron chi connectivity index (χ4n) is 4.23. The Balaban J connectivity index is 1.55. The van der Waals surface area contributed by atoms with Crippen molar-refractivity contribution in [3.63, 3.8) is 0 Å². The Morgan fingerprint density at radius 2 is 1.71 bits per heavy atom. The van der Waals surface area contributed by atoms with Gasteiger partial charge in [-0.2, -0.15) is 0 Å². The predicted molar refractivity (Wildman–Crippen MR) is 93.4 cm³/mol. The van der Waals surface area contributed by atoms with Gasteiger partial charge in [-0.25, -0.2) is 9.97 Å². The molecule has 0 aromatic carbocycles. The molecule has 24 heavy (non-hydrogen) atoms. The van der Waals surface area contributed by atoms with E-state index in [9.17, 15) is 0 Å². The summed E-state index contributed by atoms with van der Waals surface area (Å²) in [6.45, 7) is 3.96. The molecule has 5 nitrogen and oxygen atoms in total. The van der Waals surface area contributed by atoms with Crippen molar-refractivity contribution in [3.8, 4) is 11.4 Å². The summed E-state index contributed by atoms with van der Waals surface area (Å²) >= 11 is 0. The Kier molecular flexibility index (Phi) is 3.33. The molecule has 0 spiro atoms. The van der Waals surface area contributed by atoms with Crippen LogP contribution in [0.15, 0.2) is 36.7 Å². The van der Waals surface area contributed by atoms with Crippen molar-refractivity contribution < 1.29 is 0 Å². The van der Waals surface area contributed by atoms with Crippen molar-refractivity contribution in [2.45, 2.75) is 25.9 Å². The molecule has 0 radical (unpaired) electrons. The van der Waals surface area contributed by atoms with E-state index >= 15 is 0 Å². The molecule has 0 bridgehead atoms. The van der Waals surface area contributed by atoms with Gasteiger partial charge in [0.1, 0.15) is 5.82 Å². The molecule has 122 valence electrons. The fourth-order valence-corrected chi connectivity index (χ4v) is 4.23. The van der Waals surface area contributed by atoms with Crippen molar-refractivity contribution in [1.29, 1.82) is 0 Å². The standard InChI is InChI=1S/C19H21N5/c1-2-4-15-12-24(11-14(15)3-1)19-16-9-21-10-17(16)22-18(23-19)13-5-7-20-8-6-13/h1-2,5-8,14-15,21H,3-4,9-12H2/t14-,15+. The van der Waals surface area contributed by atoms with Crippen molar-refractivity contribution in [2.24, 2.45) is 11.8 Å². The zero-order chi connectivity index (χ0) is 15.9. The summed E-state index contributed by atoms with van der Waals surface area (Å²) in [5, 5.41) is 3.44. The number of hydrogen-bond donors (Lipinski definition) is 1. The molecule has 1 aliphatic carbocycles. The van der Waals surface area contributed by atoms with Crippen LogP contribution in [0.25, 0.3) is 11.4 Å². The van der Waals surface area contributed by atoms with E-state index in [1.54, 1.807) is 12.4 Å². The van der Waals surface area contributed by atoms with Crippen molar-refractivity contribution >= 4 is 5.82 Å². The Labute approximate surface area is 141 Å². The summed E-state index contributed by atoms with van der Waals surface area (Å²) < 4.78 is 0. The van der Waals surface area contributed by atoms with Crippen LogP contribution >= 0.6 is 0 Å². The SMILES string of the molecule is C1=CC[C@H]2CN(c3nc(-c4ccncc4)nc4c3CNC4)C[C@H]2C1. The second-order valence-corrected chi connectivity index (χ2v) is 7.00. The minimum atomic E-state index is 0.777. The topological polar surface area (TPSA) is 53.9 Å². The van der Waals surface area contributed by atoms with Crippen molar-refractivity contribution in [2.75, 3.05) is 18.0 Å². The van der Waals surface area contributed by atoms with E-state index in [0.717, 1.165) is 60.9 Å². The Morgan fingerprint density at radius 1 is 0.958 bits per heavy atom. The number of aromatic nitrogens is 3. The van der Waals surface area contributed by atoms with Crippen LogP contribution < -0.4 is 10.2 Å². The van der Waals surface area contributed by atoms with Gasteiger partial charge in [0, 0.05) is 49.7 Å². The monoisotopic (exact) mass is 319 g/mol. The van der Waals surface area contributed by atoms with Crippen LogP contribution in [0.1, 0.15) is 24.1 Å².